The van der Waals surface area contributed by atoms with Gasteiger partial charge in [-0.1, -0.05) is 11.2 Å². The molecule has 8 nitrogen and oxygen atoms in total. The van der Waals surface area contributed by atoms with Gasteiger partial charge in [-0.05, 0) is 29.6 Å². The maximum Gasteiger partial charge on any atom is 0.323 e. The molecule has 1 saturated heterocycles. The largest absolute Gasteiger partial charge is 0.422 e. The van der Waals surface area contributed by atoms with Crippen molar-refractivity contribution < 1.29 is 19.1 Å². The number of esters is 2. The zero-order valence-electron chi connectivity index (χ0n) is 12.6. The van der Waals surface area contributed by atoms with Crippen LogP contribution in [0.2, 0.25) is 0 Å². The zero-order valence-corrected chi connectivity index (χ0v) is 12.6. The van der Waals surface area contributed by atoms with Crippen LogP contribution in [0.3, 0.4) is 0 Å². The van der Waals surface area contributed by atoms with Gasteiger partial charge in [0.2, 0.25) is 0 Å². The van der Waals surface area contributed by atoms with Crippen molar-refractivity contribution in [3.63, 3.8) is 0 Å². The second-order valence-corrected chi connectivity index (χ2v) is 5.73. The molecule has 0 atom stereocenters. The molecule has 0 radical (unpaired) electrons. The van der Waals surface area contributed by atoms with Crippen LogP contribution in [0.5, 0.6) is 0 Å². The van der Waals surface area contributed by atoms with Crippen molar-refractivity contribution in [3.8, 4) is 0 Å². The van der Waals surface area contributed by atoms with Gasteiger partial charge < -0.3 is 14.5 Å². The molecule has 0 unspecified atom stereocenters. The summed E-state index contributed by atoms with van der Waals surface area (Å²) in [6, 6.07) is 5.14. The third-order valence-electron chi connectivity index (χ3n) is 3.60. The number of azide groups is 1. The van der Waals surface area contributed by atoms with Gasteiger partial charge in [0, 0.05) is 41.5 Å². The van der Waals surface area contributed by atoms with Gasteiger partial charge in [0.25, 0.3) is 5.79 Å². The molecule has 2 heterocycles. The number of hydrogen-bond acceptors (Lipinski definition) is 5. The maximum absolute atomic E-state index is 12.1. The van der Waals surface area contributed by atoms with Crippen LogP contribution in [-0.4, -0.2) is 22.7 Å². The van der Waals surface area contributed by atoms with Crippen LogP contribution in [0.1, 0.15) is 19.4 Å². The summed E-state index contributed by atoms with van der Waals surface area (Å²) in [5.74, 6) is -3.46. The third kappa shape index (κ3) is 2.84. The van der Waals surface area contributed by atoms with Gasteiger partial charge in [0.05, 0.1) is 0 Å². The average Bonchev–Trinajstić information content (AvgIpc) is 2.85. The van der Waals surface area contributed by atoms with E-state index in [0.717, 1.165) is 16.5 Å². The molecule has 1 aromatic carbocycles. The number of carbonyl (C=O) groups is 2. The van der Waals surface area contributed by atoms with Gasteiger partial charge >= 0.3 is 11.9 Å². The average molecular weight is 314 g/mol. The van der Waals surface area contributed by atoms with E-state index in [2.05, 4.69) is 15.0 Å². The van der Waals surface area contributed by atoms with Crippen molar-refractivity contribution >= 4 is 28.5 Å². The number of carbonyl (C=O) groups excluding carboxylic acids is 2. The topological polar surface area (TPSA) is 117 Å². The minimum absolute atomic E-state index is 0.146. The van der Waals surface area contributed by atoms with Crippen molar-refractivity contribution in [1.29, 1.82) is 0 Å². The lowest BCUT2D eigenvalue weighted by Crippen LogP contribution is -2.46. The highest BCUT2D eigenvalue weighted by molar-refractivity contribution is 5.97. The standard InChI is InChI=1S/C15H14N4O4/c1-15(2)22-13(20)11(14(21)23-15)5-8-7-17-12-4-3-9(18-19-16)6-10(8)12/h3-4,6-7,11,17H,5H2,1-2H3. The third-order valence-corrected chi connectivity index (χ3v) is 3.60. The molecule has 1 aliphatic rings. The van der Waals surface area contributed by atoms with E-state index in [1.54, 1.807) is 24.4 Å². The number of aromatic nitrogens is 1. The van der Waals surface area contributed by atoms with Crippen molar-refractivity contribution in [1.82, 2.24) is 4.98 Å². The molecular formula is C15H14N4O4. The van der Waals surface area contributed by atoms with Crippen molar-refractivity contribution in [2.75, 3.05) is 0 Å². The fraction of sp³-hybridized carbons (Fsp3) is 0.333. The van der Waals surface area contributed by atoms with E-state index in [9.17, 15) is 9.59 Å². The monoisotopic (exact) mass is 314 g/mol. The number of nitrogens with one attached hydrogen (secondary N) is 1. The lowest BCUT2D eigenvalue weighted by molar-refractivity contribution is -0.239. The van der Waals surface area contributed by atoms with Crippen LogP contribution in [-0.2, 0) is 25.5 Å². The Morgan fingerprint density at radius 1 is 1.30 bits per heavy atom. The molecule has 0 saturated carbocycles. The fourth-order valence-electron chi connectivity index (χ4n) is 2.58. The molecule has 0 spiro atoms. The fourth-order valence-corrected chi connectivity index (χ4v) is 2.58. The Kier molecular flexibility index (Phi) is 3.46. The van der Waals surface area contributed by atoms with E-state index in [1.165, 1.54) is 13.8 Å². The normalized spacial score (nSPS) is 17.5. The highest BCUT2D eigenvalue weighted by atomic mass is 16.7. The Labute approximate surface area is 131 Å². The van der Waals surface area contributed by atoms with Gasteiger partial charge in [-0.2, -0.15) is 0 Å². The zero-order chi connectivity index (χ0) is 16.6. The van der Waals surface area contributed by atoms with Crippen molar-refractivity contribution in [3.05, 3.63) is 40.4 Å². The molecule has 2 aromatic rings. The van der Waals surface area contributed by atoms with Gasteiger partial charge in [0.15, 0.2) is 5.92 Å². The molecule has 3 rings (SSSR count). The second-order valence-electron chi connectivity index (χ2n) is 5.73. The molecule has 23 heavy (non-hydrogen) atoms. The molecule has 8 heteroatoms. The molecule has 0 bridgehead atoms. The van der Waals surface area contributed by atoms with Crippen LogP contribution in [0.25, 0.3) is 21.3 Å². The Hall–Kier alpha value is -2.99. The van der Waals surface area contributed by atoms with E-state index in [1.807, 2.05) is 0 Å². The van der Waals surface area contributed by atoms with Gasteiger partial charge in [-0.25, -0.2) is 0 Å². The molecule has 0 amide bonds. The summed E-state index contributed by atoms with van der Waals surface area (Å²) in [6.45, 7) is 3.02. The van der Waals surface area contributed by atoms with E-state index >= 15 is 0 Å². The first-order valence-corrected chi connectivity index (χ1v) is 7.00. The summed E-state index contributed by atoms with van der Waals surface area (Å²) in [6.07, 6.45) is 1.86. The number of ether oxygens (including phenoxy) is 2. The SMILES string of the molecule is CC1(C)OC(=O)C(Cc2c[nH]c3ccc(N=[N+]=[N-])cc23)C(=O)O1. The summed E-state index contributed by atoms with van der Waals surface area (Å²) in [5.41, 5.74) is 10.5. The van der Waals surface area contributed by atoms with Crippen LogP contribution in [0, 0.1) is 5.92 Å². The van der Waals surface area contributed by atoms with Gasteiger partial charge in [-0.3, -0.25) is 9.59 Å². The van der Waals surface area contributed by atoms with E-state index in [4.69, 9.17) is 15.0 Å². The predicted molar refractivity (Wildman–Crippen MR) is 80.6 cm³/mol. The Bertz CT molecular complexity index is 828. The first-order chi connectivity index (χ1) is 10.9. The summed E-state index contributed by atoms with van der Waals surface area (Å²) in [5, 5.41) is 4.33. The Balaban J connectivity index is 1.92. The summed E-state index contributed by atoms with van der Waals surface area (Å²) >= 11 is 0. The first kappa shape index (κ1) is 14.9. The maximum atomic E-state index is 12.1. The lowest BCUT2D eigenvalue weighted by atomic mass is 9.98. The summed E-state index contributed by atoms with van der Waals surface area (Å²) in [7, 11) is 0. The summed E-state index contributed by atoms with van der Waals surface area (Å²) in [4.78, 5) is 29.9. The van der Waals surface area contributed by atoms with Crippen LogP contribution in [0.15, 0.2) is 29.5 Å². The number of cyclic esters (lactones) is 2. The van der Waals surface area contributed by atoms with Crippen LogP contribution < -0.4 is 0 Å². The molecule has 0 aliphatic carbocycles. The number of rotatable bonds is 3. The number of benzene rings is 1. The molecule has 1 N–H and O–H groups in total. The molecular weight excluding hydrogens is 300 g/mol. The van der Waals surface area contributed by atoms with Crippen LogP contribution >= 0.6 is 0 Å². The Morgan fingerprint density at radius 3 is 2.65 bits per heavy atom. The minimum Gasteiger partial charge on any atom is -0.422 e. The number of aromatic amines is 1. The van der Waals surface area contributed by atoms with E-state index in [-0.39, 0.29) is 6.42 Å². The first-order valence-electron chi connectivity index (χ1n) is 7.00. The van der Waals surface area contributed by atoms with Crippen LogP contribution in [0.4, 0.5) is 5.69 Å². The minimum atomic E-state index is -1.24. The molecule has 1 fully saturated rings. The van der Waals surface area contributed by atoms with E-state index in [0.29, 0.717) is 5.69 Å². The number of fused-ring (bicyclic) bond motifs is 1. The predicted octanol–water partition coefficient (Wildman–Crippen LogP) is 3.10. The molecule has 1 aliphatic heterocycles. The molecule has 118 valence electrons. The number of H-pyrrole nitrogens is 1. The molecule has 1 aromatic heterocycles. The van der Waals surface area contributed by atoms with Gasteiger partial charge in [0.1, 0.15) is 0 Å². The highest BCUT2D eigenvalue weighted by Gasteiger charge is 2.43. The van der Waals surface area contributed by atoms with E-state index < -0.39 is 23.6 Å². The smallest absolute Gasteiger partial charge is 0.323 e. The van der Waals surface area contributed by atoms with Gasteiger partial charge in [-0.15, -0.1) is 0 Å². The summed E-state index contributed by atoms with van der Waals surface area (Å²) < 4.78 is 10.2. The lowest BCUT2D eigenvalue weighted by Gasteiger charge is -2.32. The highest BCUT2D eigenvalue weighted by Crippen LogP contribution is 2.29. The number of hydrogen-bond donors (Lipinski definition) is 1. The number of nitrogens with zero attached hydrogens (tertiary/aromatic N) is 3. The second kappa shape index (κ2) is 5.33. The van der Waals surface area contributed by atoms with Crippen molar-refractivity contribution in [2.45, 2.75) is 26.1 Å². The Morgan fingerprint density at radius 2 is 2.00 bits per heavy atom. The quantitative estimate of drug-likeness (QED) is 0.308. The van der Waals surface area contributed by atoms with Crippen molar-refractivity contribution in [2.24, 2.45) is 11.0 Å².